The predicted molar refractivity (Wildman–Crippen MR) is 101 cm³/mol. The minimum atomic E-state index is -0.571. The van der Waals surface area contributed by atoms with Gasteiger partial charge < -0.3 is 4.74 Å². The van der Waals surface area contributed by atoms with Gasteiger partial charge in [-0.25, -0.2) is 9.79 Å². The highest BCUT2D eigenvalue weighted by Crippen LogP contribution is 2.35. The average molecular weight is 385 g/mol. The van der Waals surface area contributed by atoms with Crippen LogP contribution in [-0.2, 0) is 9.53 Å². The number of carbonyl (C=O) groups is 1. The number of esters is 1. The first kappa shape index (κ1) is 16.8. The number of thiazole rings is 1. The summed E-state index contributed by atoms with van der Waals surface area (Å²) in [7, 11) is 1.28. The molecule has 0 aliphatic carbocycles. The van der Waals surface area contributed by atoms with Crippen molar-refractivity contribution in [2.24, 2.45) is 4.99 Å². The normalized spacial score (nSPS) is 15.8. The van der Waals surface area contributed by atoms with Gasteiger partial charge in [0.05, 0.1) is 18.8 Å². The molecule has 5 nitrogen and oxygen atoms in total. The van der Waals surface area contributed by atoms with Gasteiger partial charge in [0.25, 0.3) is 5.56 Å². The molecule has 1 atom stereocenters. The van der Waals surface area contributed by atoms with Crippen molar-refractivity contribution in [1.82, 2.24) is 4.57 Å². The third-order valence-corrected chi connectivity index (χ3v) is 5.38. The monoisotopic (exact) mass is 384 g/mol. The van der Waals surface area contributed by atoms with Crippen LogP contribution in [0, 0.1) is 0 Å². The van der Waals surface area contributed by atoms with E-state index in [1.807, 2.05) is 42.5 Å². The molecule has 26 heavy (non-hydrogen) atoms. The summed E-state index contributed by atoms with van der Waals surface area (Å²) < 4.78 is 6.54. The summed E-state index contributed by atoms with van der Waals surface area (Å²) in [6, 6.07) is 14.8. The molecule has 0 radical (unpaired) electrons. The molecule has 0 bridgehead atoms. The van der Waals surface area contributed by atoms with Gasteiger partial charge >= 0.3 is 5.97 Å². The lowest BCUT2D eigenvalue weighted by Gasteiger charge is -2.24. The van der Waals surface area contributed by atoms with Crippen LogP contribution in [0.1, 0.15) is 17.2 Å². The lowest BCUT2D eigenvalue weighted by molar-refractivity contribution is -0.133. The van der Waals surface area contributed by atoms with Crippen molar-refractivity contribution in [1.29, 1.82) is 0 Å². The van der Waals surface area contributed by atoms with E-state index in [4.69, 9.17) is 11.6 Å². The number of fused-ring (bicyclic) bond motifs is 2. The van der Waals surface area contributed by atoms with Gasteiger partial charge in [-0.1, -0.05) is 53.3 Å². The molecule has 4 rings (SSSR count). The Balaban J connectivity index is 2.06. The highest BCUT2D eigenvalue weighted by atomic mass is 35.5. The predicted octanol–water partition coefficient (Wildman–Crippen LogP) is 2.42. The molecule has 1 aromatic heterocycles. The topological polar surface area (TPSA) is 60.7 Å². The Morgan fingerprint density at radius 3 is 2.77 bits per heavy atom. The van der Waals surface area contributed by atoms with Crippen LogP contribution in [0.15, 0.2) is 58.3 Å². The number of hydrogen-bond donors (Lipinski definition) is 0. The third-order valence-electron chi connectivity index (χ3n) is 4.16. The molecule has 1 aliphatic rings. The Bertz CT molecular complexity index is 1180. The van der Waals surface area contributed by atoms with Crippen molar-refractivity contribution >= 4 is 40.7 Å². The number of benzene rings is 2. The van der Waals surface area contributed by atoms with Crippen molar-refractivity contribution in [3.8, 4) is 0 Å². The summed E-state index contributed by atoms with van der Waals surface area (Å²) in [5.41, 5.74) is 2.27. The number of carbonyl (C=O) groups excluding carboxylic acids is 1. The number of hydrogen-bond acceptors (Lipinski definition) is 5. The molecule has 0 saturated carbocycles. The zero-order chi connectivity index (χ0) is 18.3. The third kappa shape index (κ3) is 2.77. The van der Waals surface area contributed by atoms with E-state index in [2.05, 4.69) is 9.73 Å². The van der Waals surface area contributed by atoms with E-state index in [9.17, 15) is 9.59 Å². The summed E-state index contributed by atoms with van der Waals surface area (Å²) in [6.45, 7) is 0. The number of rotatable bonds is 2. The van der Waals surface area contributed by atoms with E-state index in [0.29, 0.717) is 9.82 Å². The van der Waals surface area contributed by atoms with Crippen LogP contribution in [0.5, 0.6) is 0 Å². The number of halogens is 1. The maximum absolute atomic E-state index is 13.0. The standard InChI is InChI=1S/C19H13ClN2O3S/c1-25-16(23)10-15-18(24)22-17(11-5-3-2-4-6-11)13-9-12(20)7-8-14(13)21-19(22)26-15/h2-10,17H,1H3/b15-10-/t17-/m0/s1. The number of nitrogens with zero attached hydrogens (tertiary/aromatic N) is 2. The second kappa shape index (κ2) is 6.55. The molecule has 2 aromatic carbocycles. The zero-order valence-corrected chi connectivity index (χ0v) is 15.3. The van der Waals surface area contributed by atoms with E-state index in [-0.39, 0.29) is 16.1 Å². The largest absolute Gasteiger partial charge is 0.466 e. The Hall–Kier alpha value is -2.70. The molecule has 0 unspecified atom stereocenters. The molecule has 130 valence electrons. The molecule has 7 heteroatoms. The molecule has 1 aliphatic heterocycles. The van der Waals surface area contributed by atoms with E-state index >= 15 is 0 Å². The first-order valence-electron chi connectivity index (χ1n) is 7.82. The zero-order valence-electron chi connectivity index (χ0n) is 13.7. The van der Waals surface area contributed by atoms with Gasteiger partial charge in [0.2, 0.25) is 0 Å². The molecule has 0 N–H and O–H groups in total. The van der Waals surface area contributed by atoms with Gasteiger partial charge in [0.15, 0.2) is 4.80 Å². The van der Waals surface area contributed by atoms with Crippen molar-refractivity contribution in [2.45, 2.75) is 6.04 Å². The fourth-order valence-corrected chi connectivity index (χ4v) is 4.16. The quantitative estimate of drug-likeness (QED) is 0.499. The minimum absolute atomic E-state index is 0.279. The molecule has 0 spiro atoms. The van der Waals surface area contributed by atoms with Crippen LogP contribution in [0.2, 0.25) is 5.02 Å². The summed E-state index contributed by atoms with van der Waals surface area (Å²) >= 11 is 7.36. The van der Waals surface area contributed by atoms with Gasteiger partial charge in [-0.2, -0.15) is 0 Å². The van der Waals surface area contributed by atoms with Crippen LogP contribution < -0.4 is 14.9 Å². The SMILES string of the molecule is COC(=O)/C=c1\sc2n(c1=O)[C@@H](c1ccccc1)c1cc(Cl)ccc1N=2. The first-order valence-corrected chi connectivity index (χ1v) is 9.02. The Morgan fingerprint density at radius 2 is 2.04 bits per heavy atom. The average Bonchev–Trinajstić information content (AvgIpc) is 2.96. The molecular weight excluding hydrogens is 372 g/mol. The lowest BCUT2D eigenvalue weighted by atomic mass is 9.96. The fourth-order valence-electron chi connectivity index (χ4n) is 3.01. The van der Waals surface area contributed by atoms with Crippen LogP contribution in [0.3, 0.4) is 0 Å². The maximum atomic E-state index is 13.0. The van der Waals surface area contributed by atoms with Gasteiger partial charge in [-0.3, -0.25) is 9.36 Å². The van der Waals surface area contributed by atoms with Crippen molar-refractivity contribution in [2.75, 3.05) is 7.11 Å². The molecule has 0 saturated heterocycles. The first-order chi connectivity index (χ1) is 12.6. The minimum Gasteiger partial charge on any atom is -0.466 e. The van der Waals surface area contributed by atoms with Crippen LogP contribution in [-0.4, -0.2) is 17.6 Å². The molecule has 0 amide bonds. The highest BCUT2D eigenvalue weighted by Gasteiger charge is 2.27. The summed E-state index contributed by atoms with van der Waals surface area (Å²) in [4.78, 5) is 29.7. The van der Waals surface area contributed by atoms with Crippen LogP contribution in [0.4, 0.5) is 5.69 Å². The van der Waals surface area contributed by atoms with E-state index in [1.165, 1.54) is 24.5 Å². The Morgan fingerprint density at radius 1 is 1.27 bits per heavy atom. The number of methoxy groups -OCH3 is 1. The lowest BCUT2D eigenvalue weighted by Crippen LogP contribution is -2.37. The van der Waals surface area contributed by atoms with Gasteiger partial charge in [-0.05, 0) is 23.8 Å². The van der Waals surface area contributed by atoms with Gasteiger partial charge in [-0.15, -0.1) is 0 Å². The second-order valence-electron chi connectivity index (χ2n) is 5.72. The summed E-state index contributed by atoms with van der Waals surface area (Å²) in [5.74, 6) is -0.571. The van der Waals surface area contributed by atoms with Crippen molar-refractivity contribution in [3.63, 3.8) is 0 Å². The fraction of sp³-hybridized carbons (Fsp3) is 0.105. The Kier molecular flexibility index (Phi) is 4.22. The van der Waals surface area contributed by atoms with E-state index < -0.39 is 5.97 Å². The van der Waals surface area contributed by atoms with E-state index in [0.717, 1.165) is 16.8 Å². The molecule has 0 fully saturated rings. The summed E-state index contributed by atoms with van der Waals surface area (Å²) in [5, 5.41) is 0.577. The highest BCUT2D eigenvalue weighted by molar-refractivity contribution is 7.07. The van der Waals surface area contributed by atoms with Crippen molar-refractivity contribution in [3.05, 3.63) is 84.4 Å². The van der Waals surface area contributed by atoms with Gasteiger partial charge in [0.1, 0.15) is 4.53 Å². The maximum Gasteiger partial charge on any atom is 0.332 e. The summed E-state index contributed by atoms with van der Waals surface area (Å²) in [6.07, 6.45) is 1.20. The molecular formula is C19H13ClN2O3S. The molecule has 2 heterocycles. The second-order valence-corrected chi connectivity index (χ2v) is 7.17. The molecule has 3 aromatic rings. The Labute approximate surface area is 157 Å². The van der Waals surface area contributed by atoms with Crippen molar-refractivity contribution < 1.29 is 9.53 Å². The van der Waals surface area contributed by atoms with Crippen LogP contribution >= 0.6 is 22.9 Å². The number of ether oxygens (including phenoxy) is 1. The van der Waals surface area contributed by atoms with E-state index in [1.54, 1.807) is 10.6 Å². The van der Waals surface area contributed by atoms with Crippen LogP contribution in [0.25, 0.3) is 6.08 Å². The van der Waals surface area contributed by atoms with Gasteiger partial charge in [0, 0.05) is 16.7 Å². The number of aromatic nitrogens is 1. The smallest absolute Gasteiger partial charge is 0.332 e.